The van der Waals surface area contributed by atoms with Crippen LogP contribution in [0.3, 0.4) is 0 Å². The van der Waals surface area contributed by atoms with E-state index in [0.717, 1.165) is 45.6 Å². The van der Waals surface area contributed by atoms with Gasteiger partial charge in [0.05, 0.1) is 5.69 Å². The van der Waals surface area contributed by atoms with E-state index in [4.69, 9.17) is 4.74 Å². The molecule has 0 radical (unpaired) electrons. The molecule has 0 fully saturated rings. The molecular weight excluding hydrogens is 356 g/mol. The minimum absolute atomic E-state index is 0.628. The number of ether oxygens (including phenoxy) is 1. The first-order valence-corrected chi connectivity index (χ1v) is 8.30. The third kappa shape index (κ3) is 3.89. The van der Waals surface area contributed by atoms with Crippen molar-refractivity contribution in [2.24, 2.45) is 7.05 Å². The van der Waals surface area contributed by atoms with Gasteiger partial charge in [0.2, 0.25) is 0 Å². The first kappa shape index (κ1) is 16.0. The van der Waals surface area contributed by atoms with E-state index in [1.165, 1.54) is 0 Å². The van der Waals surface area contributed by atoms with Gasteiger partial charge in [0.25, 0.3) is 0 Å². The predicted molar refractivity (Wildman–Crippen MR) is 94.6 cm³/mol. The number of nitrogens with one attached hydrogen (secondary N) is 1. The summed E-state index contributed by atoms with van der Waals surface area (Å²) in [4.78, 5) is 4.48. The van der Waals surface area contributed by atoms with E-state index in [1.807, 2.05) is 49.1 Å². The van der Waals surface area contributed by atoms with Crippen LogP contribution in [0.4, 0.5) is 0 Å². The molecule has 3 aromatic rings. The minimum Gasteiger partial charge on any atom is -0.492 e. The lowest BCUT2D eigenvalue weighted by atomic mass is 10.2. The predicted octanol–water partition coefficient (Wildman–Crippen LogP) is 3.21. The van der Waals surface area contributed by atoms with Crippen molar-refractivity contribution in [2.45, 2.75) is 13.5 Å². The molecule has 0 saturated carbocycles. The first-order chi connectivity index (χ1) is 11.1. The number of aromatic nitrogens is 3. The second-order valence-corrected chi connectivity index (χ2v) is 6.32. The largest absolute Gasteiger partial charge is 0.492 e. The van der Waals surface area contributed by atoms with Crippen LogP contribution >= 0.6 is 15.9 Å². The van der Waals surface area contributed by atoms with Gasteiger partial charge in [-0.05, 0) is 42.8 Å². The molecule has 0 saturated heterocycles. The number of aryl methyl sites for hydroxylation is 2. The van der Waals surface area contributed by atoms with Crippen molar-refractivity contribution in [2.75, 3.05) is 13.2 Å². The fraction of sp³-hybridized carbons (Fsp3) is 0.294. The van der Waals surface area contributed by atoms with E-state index in [2.05, 4.69) is 37.4 Å². The summed E-state index contributed by atoms with van der Waals surface area (Å²) in [6.07, 6.45) is 1.89. The van der Waals surface area contributed by atoms with Crippen LogP contribution in [-0.2, 0) is 13.6 Å². The number of hydrogen-bond donors (Lipinski definition) is 1. The van der Waals surface area contributed by atoms with Gasteiger partial charge in [-0.25, -0.2) is 4.98 Å². The van der Waals surface area contributed by atoms with Gasteiger partial charge in [-0.3, -0.25) is 4.68 Å². The number of hydrogen-bond acceptors (Lipinski definition) is 4. The number of fused-ring (bicyclic) bond motifs is 1. The van der Waals surface area contributed by atoms with Crippen molar-refractivity contribution in [3.63, 3.8) is 0 Å². The molecule has 0 atom stereocenters. The van der Waals surface area contributed by atoms with Crippen LogP contribution in [-0.4, -0.2) is 27.9 Å². The molecule has 1 N–H and O–H groups in total. The SMILES string of the molecule is Cc1nn(C)c2ncc(CNCCOc3ccc(Br)cc3)cc12. The van der Waals surface area contributed by atoms with E-state index in [9.17, 15) is 0 Å². The first-order valence-electron chi connectivity index (χ1n) is 7.51. The lowest BCUT2D eigenvalue weighted by Crippen LogP contribution is -2.20. The number of nitrogens with zero attached hydrogens (tertiary/aromatic N) is 3. The highest BCUT2D eigenvalue weighted by Gasteiger charge is 2.06. The van der Waals surface area contributed by atoms with E-state index >= 15 is 0 Å². The Balaban J connectivity index is 1.49. The summed E-state index contributed by atoms with van der Waals surface area (Å²) in [5.41, 5.74) is 3.08. The fourth-order valence-electron chi connectivity index (χ4n) is 2.45. The van der Waals surface area contributed by atoms with Gasteiger partial charge in [-0.2, -0.15) is 5.10 Å². The van der Waals surface area contributed by atoms with Crippen molar-refractivity contribution >= 4 is 27.0 Å². The van der Waals surface area contributed by atoms with Crippen LogP contribution in [0.25, 0.3) is 11.0 Å². The van der Waals surface area contributed by atoms with Crippen molar-refractivity contribution < 1.29 is 4.74 Å². The number of halogens is 1. The maximum absolute atomic E-state index is 5.68. The average molecular weight is 375 g/mol. The maximum Gasteiger partial charge on any atom is 0.157 e. The Labute approximate surface area is 143 Å². The molecule has 2 heterocycles. The number of benzene rings is 1. The second-order valence-electron chi connectivity index (χ2n) is 5.40. The highest BCUT2D eigenvalue weighted by atomic mass is 79.9. The van der Waals surface area contributed by atoms with Gasteiger partial charge >= 0.3 is 0 Å². The van der Waals surface area contributed by atoms with Gasteiger partial charge in [0, 0.05) is 36.2 Å². The van der Waals surface area contributed by atoms with Gasteiger partial charge < -0.3 is 10.1 Å². The van der Waals surface area contributed by atoms with Gasteiger partial charge in [0.15, 0.2) is 5.65 Å². The molecule has 0 aliphatic carbocycles. The summed E-state index contributed by atoms with van der Waals surface area (Å²) in [5.74, 6) is 0.879. The van der Waals surface area contributed by atoms with Crippen molar-refractivity contribution in [3.05, 3.63) is 52.3 Å². The van der Waals surface area contributed by atoms with E-state index in [0.29, 0.717) is 6.61 Å². The molecule has 0 unspecified atom stereocenters. The van der Waals surface area contributed by atoms with Crippen LogP contribution in [0.15, 0.2) is 41.0 Å². The van der Waals surface area contributed by atoms with Crippen LogP contribution in [0.2, 0.25) is 0 Å². The zero-order chi connectivity index (χ0) is 16.2. The Bertz CT molecular complexity index is 798. The molecule has 0 aliphatic heterocycles. The van der Waals surface area contributed by atoms with E-state index < -0.39 is 0 Å². The van der Waals surface area contributed by atoms with Crippen molar-refractivity contribution in [1.82, 2.24) is 20.1 Å². The molecule has 23 heavy (non-hydrogen) atoms. The summed E-state index contributed by atoms with van der Waals surface area (Å²) in [7, 11) is 1.92. The third-order valence-electron chi connectivity index (χ3n) is 3.61. The van der Waals surface area contributed by atoms with Crippen LogP contribution < -0.4 is 10.1 Å². The lowest BCUT2D eigenvalue weighted by molar-refractivity contribution is 0.313. The molecule has 5 nitrogen and oxygen atoms in total. The third-order valence-corrected chi connectivity index (χ3v) is 4.14. The lowest BCUT2D eigenvalue weighted by Gasteiger charge is -2.08. The Morgan fingerprint density at radius 1 is 1.26 bits per heavy atom. The molecule has 6 heteroatoms. The molecule has 0 amide bonds. The zero-order valence-corrected chi connectivity index (χ0v) is 14.8. The van der Waals surface area contributed by atoms with Crippen LogP contribution in [0.1, 0.15) is 11.3 Å². The van der Waals surface area contributed by atoms with Crippen LogP contribution in [0.5, 0.6) is 5.75 Å². The van der Waals surface area contributed by atoms with Crippen molar-refractivity contribution in [1.29, 1.82) is 0 Å². The second kappa shape index (κ2) is 7.10. The summed E-state index contributed by atoms with van der Waals surface area (Å²) in [5, 5.41) is 8.87. The molecule has 2 aromatic heterocycles. The fourth-order valence-corrected chi connectivity index (χ4v) is 2.72. The molecule has 0 aliphatic rings. The molecule has 0 bridgehead atoms. The van der Waals surface area contributed by atoms with Crippen molar-refractivity contribution in [3.8, 4) is 5.75 Å². The summed E-state index contributed by atoms with van der Waals surface area (Å²) in [6.45, 7) is 4.18. The Morgan fingerprint density at radius 2 is 2.04 bits per heavy atom. The van der Waals surface area contributed by atoms with Gasteiger partial charge in [-0.15, -0.1) is 0 Å². The highest BCUT2D eigenvalue weighted by Crippen LogP contribution is 2.17. The maximum atomic E-state index is 5.68. The van der Waals surface area contributed by atoms with Crippen LogP contribution in [0, 0.1) is 6.92 Å². The summed E-state index contributed by atoms with van der Waals surface area (Å²) in [6, 6.07) is 9.99. The Morgan fingerprint density at radius 3 is 2.83 bits per heavy atom. The topological polar surface area (TPSA) is 52.0 Å². The van der Waals surface area contributed by atoms with Gasteiger partial charge in [0.1, 0.15) is 12.4 Å². The summed E-state index contributed by atoms with van der Waals surface area (Å²) < 4.78 is 8.55. The minimum atomic E-state index is 0.628. The Kier molecular flexibility index (Phi) is 4.93. The van der Waals surface area contributed by atoms with E-state index in [1.54, 1.807) is 0 Å². The standard InChI is InChI=1S/C17H19BrN4O/c1-12-16-9-13(11-20-17(16)22(2)21-12)10-19-7-8-23-15-5-3-14(18)4-6-15/h3-6,9,11,19H,7-8,10H2,1-2H3. The number of rotatable bonds is 6. The summed E-state index contributed by atoms with van der Waals surface area (Å²) >= 11 is 3.41. The quantitative estimate of drug-likeness (QED) is 0.673. The highest BCUT2D eigenvalue weighted by molar-refractivity contribution is 9.10. The average Bonchev–Trinajstić information content (AvgIpc) is 2.83. The molecular formula is C17H19BrN4O. The zero-order valence-electron chi connectivity index (χ0n) is 13.2. The molecule has 120 valence electrons. The monoisotopic (exact) mass is 374 g/mol. The number of pyridine rings is 1. The van der Waals surface area contributed by atoms with Gasteiger partial charge in [-0.1, -0.05) is 15.9 Å². The smallest absolute Gasteiger partial charge is 0.157 e. The molecule has 3 rings (SSSR count). The molecule has 1 aromatic carbocycles. The Hall–Kier alpha value is -1.92. The molecule has 0 spiro atoms. The van der Waals surface area contributed by atoms with E-state index in [-0.39, 0.29) is 0 Å². The normalized spacial score (nSPS) is 11.1.